The minimum absolute atomic E-state index is 0.0553. The molecule has 0 unspecified atom stereocenters. The van der Waals surface area contributed by atoms with E-state index in [1.165, 1.54) is 5.56 Å². The van der Waals surface area contributed by atoms with Crippen LogP contribution < -0.4 is 0 Å². The Hall–Kier alpha value is -1.54. The average Bonchev–Trinajstić information content (AvgIpc) is 2.74. The highest BCUT2D eigenvalue weighted by Crippen LogP contribution is 2.41. The SMILES string of the molecule is COCO[C@@]1(Cc2cc(C3CCOCC3)ccn2)C(=O)N(COC)[C@H]1CC(C)C. The third kappa shape index (κ3) is 4.79. The molecule has 0 spiro atoms. The third-order valence-electron chi connectivity index (χ3n) is 5.91. The maximum atomic E-state index is 13.2. The van der Waals surface area contributed by atoms with Crippen LogP contribution in [0.25, 0.3) is 0 Å². The van der Waals surface area contributed by atoms with Crippen molar-refractivity contribution < 1.29 is 23.7 Å². The zero-order chi connectivity index (χ0) is 20.9. The number of hydrogen-bond acceptors (Lipinski definition) is 6. The summed E-state index contributed by atoms with van der Waals surface area (Å²) < 4.78 is 22.0. The van der Waals surface area contributed by atoms with Crippen molar-refractivity contribution in [3.05, 3.63) is 29.6 Å². The molecule has 2 aliphatic heterocycles. The van der Waals surface area contributed by atoms with E-state index in [1.54, 1.807) is 19.1 Å². The molecule has 7 heteroatoms. The fraction of sp³-hybridized carbons (Fsp3) is 0.727. The molecule has 1 aromatic heterocycles. The lowest BCUT2D eigenvalue weighted by Gasteiger charge is -2.55. The highest BCUT2D eigenvalue weighted by Gasteiger charge is 2.62. The van der Waals surface area contributed by atoms with Gasteiger partial charge in [0.15, 0.2) is 5.60 Å². The molecule has 0 saturated carbocycles. The Bertz CT molecular complexity index is 677. The number of pyridine rings is 1. The van der Waals surface area contributed by atoms with Crippen LogP contribution in [0.1, 0.15) is 50.3 Å². The number of carbonyl (C=O) groups excluding carboxylic acids is 1. The van der Waals surface area contributed by atoms with Gasteiger partial charge in [-0.3, -0.25) is 9.78 Å². The summed E-state index contributed by atoms with van der Waals surface area (Å²) in [6, 6.07) is 4.14. The summed E-state index contributed by atoms with van der Waals surface area (Å²) >= 11 is 0. The van der Waals surface area contributed by atoms with E-state index in [1.807, 2.05) is 6.20 Å². The summed E-state index contributed by atoms with van der Waals surface area (Å²) in [5.41, 5.74) is 1.19. The van der Waals surface area contributed by atoms with Crippen LogP contribution in [0.3, 0.4) is 0 Å². The lowest BCUT2D eigenvalue weighted by Crippen LogP contribution is -2.76. The lowest BCUT2D eigenvalue weighted by molar-refractivity contribution is -0.235. The molecule has 0 bridgehead atoms. The summed E-state index contributed by atoms with van der Waals surface area (Å²) in [5.74, 6) is 0.842. The Morgan fingerprint density at radius 2 is 2.03 bits per heavy atom. The predicted molar refractivity (Wildman–Crippen MR) is 108 cm³/mol. The van der Waals surface area contributed by atoms with Crippen LogP contribution in [0.4, 0.5) is 0 Å². The molecule has 1 aromatic rings. The van der Waals surface area contributed by atoms with Crippen LogP contribution in [0.5, 0.6) is 0 Å². The van der Waals surface area contributed by atoms with E-state index in [2.05, 4.69) is 31.0 Å². The molecule has 3 rings (SSSR count). The molecule has 162 valence electrons. The topological polar surface area (TPSA) is 70.1 Å². The second kappa shape index (κ2) is 9.98. The van der Waals surface area contributed by atoms with Gasteiger partial charge in [-0.25, -0.2) is 0 Å². The van der Waals surface area contributed by atoms with E-state index >= 15 is 0 Å². The molecule has 29 heavy (non-hydrogen) atoms. The first-order valence-electron chi connectivity index (χ1n) is 10.5. The number of amides is 1. The van der Waals surface area contributed by atoms with Crippen LogP contribution in [0, 0.1) is 5.92 Å². The Morgan fingerprint density at radius 3 is 2.69 bits per heavy atom. The van der Waals surface area contributed by atoms with Crippen LogP contribution in [-0.4, -0.2) is 68.4 Å². The second-order valence-electron chi connectivity index (χ2n) is 8.42. The molecular formula is C22H34N2O5. The van der Waals surface area contributed by atoms with Gasteiger partial charge in [0.2, 0.25) is 0 Å². The highest BCUT2D eigenvalue weighted by molar-refractivity contribution is 5.93. The molecule has 0 N–H and O–H groups in total. The summed E-state index contributed by atoms with van der Waals surface area (Å²) in [6.07, 6.45) is 5.15. The van der Waals surface area contributed by atoms with Crippen molar-refractivity contribution in [2.24, 2.45) is 5.92 Å². The second-order valence-corrected chi connectivity index (χ2v) is 8.42. The molecule has 3 heterocycles. The van der Waals surface area contributed by atoms with Gasteiger partial charge in [0.05, 0.1) is 6.04 Å². The molecule has 2 aliphatic rings. The first kappa shape index (κ1) is 22.2. The summed E-state index contributed by atoms with van der Waals surface area (Å²) in [7, 11) is 3.18. The molecule has 0 aromatic carbocycles. The molecule has 2 saturated heterocycles. The van der Waals surface area contributed by atoms with Gasteiger partial charge in [0, 0.05) is 45.7 Å². The number of ether oxygens (including phenoxy) is 4. The highest BCUT2D eigenvalue weighted by atomic mass is 16.7. The minimum Gasteiger partial charge on any atom is -0.381 e. The van der Waals surface area contributed by atoms with Crippen LogP contribution in [0.2, 0.25) is 0 Å². The molecular weight excluding hydrogens is 372 g/mol. The van der Waals surface area contributed by atoms with E-state index in [-0.39, 0.29) is 25.5 Å². The van der Waals surface area contributed by atoms with Crippen molar-refractivity contribution in [3.63, 3.8) is 0 Å². The van der Waals surface area contributed by atoms with E-state index in [0.29, 0.717) is 18.3 Å². The van der Waals surface area contributed by atoms with Crippen molar-refractivity contribution in [1.82, 2.24) is 9.88 Å². The first-order valence-corrected chi connectivity index (χ1v) is 10.5. The fourth-order valence-corrected chi connectivity index (χ4v) is 4.48. The van der Waals surface area contributed by atoms with E-state index in [0.717, 1.165) is 38.2 Å². The van der Waals surface area contributed by atoms with Gasteiger partial charge in [-0.05, 0) is 48.8 Å². The van der Waals surface area contributed by atoms with Gasteiger partial charge < -0.3 is 23.8 Å². The van der Waals surface area contributed by atoms with Gasteiger partial charge in [-0.1, -0.05) is 13.8 Å². The number of aromatic nitrogens is 1. The number of nitrogens with zero attached hydrogens (tertiary/aromatic N) is 2. The summed E-state index contributed by atoms with van der Waals surface area (Å²) in [6.45, 7) is 6.23. The van der Waals surface area contributed by atoms with Gasteiger partial charge in [0.1, 0.15) is 13.5 Å². The van der Waals surface area contributed by atoms with Crippen LogP contribution in [0.15, 0.2) is 18.3 Å². The molecule has 0 radical (unpaired) electrons. The number of likely N-dealkylation sites (tertiary alicyclic amines) is 1. The van der Waals surface area contributed by atoms with E-state index in [4.69, 9.17) is 18.9 Å². The van der Waals surface area contributed by atoms with Crippen molar-refractivity contribution in [2.45, 2.75) is 57.1 Å². The van der Waals surface area contributed by atoms with Gasteiger partial charge >= 0.3 is 0 Å². The fourth-order valence-electron chi connectivity index (χ4n) is 4.48. The Kier molecular flexibility index (Phi) is 7.62. The van der Waals surface area contributed by atoms with E-state index in [9.17, 15) is 4.79 Å². The zero-order valence-corrected chi connectivity index (χ0v) is 18.1. The van der Waals surface area contributed by atoms with Crippen LogP contribution in [-0.2, 0) is 30.2 Å². The van der Waals surface area contributed by atoms with Gasteiger partial charge in [-0.2, -0.15) is 0 Å². The smallest absolute Gasteiger partial charge is 0.259 e. The largest absolute Gasteiger partial charge is 0.381 e. The van der Waals surface area contributed by atoms with Crippen LogP contribution >= 0.6 is 0 Å². The average molecular weight is 407 g/mol. The zero-order valence-electron chi connectivity index (χ0n) is 18.1. The molecule has 1 amide bonds. The number of rotatable bonds is 10. The standard InChI is InChI=1S/C22H34N2O5/c1-16(2)11-20-22(29-15-27-4,21(25)24(20)14-26-3)13-19-12-18(5-8-23-19)17-6-9-28-10-7-17/h5,8,12,16-17,20H,6-7,9-11,13-15H2,1-4H3/t20-,22+/m0/s1. The van der Waals surface area contributed by atoms with E-state index < -0.39 is 5.60 Å². The van der Waals surface area contributed by atoms with Crippen molar-refractivity contribution in [2.75, 3.05) is 41.0 Å². The minimum atomic E-state index is -0.958. The van der Waals surface area contributed by atoms with Crippen molar-refractivity contribution in [3.8, 4) is 0 Å². The number of carbonyl (C=O) groups is 1. The number of hydrogen-bond donors (Lipinski definition) is 0. The normalized spacial score (nSPS) is 25.5. The molecule has 0 aliphatic carbocycles. The molecule has 2 fully saturated rings. The Morgan fingerprint density at radius 1 is 1.28 bits per heavy atom. The molecule has 7 nitrogen and oxygen atoms in total. The van der Waals surface area contributed by atoms with Crippen molar-refractivity contribution >= 4 is 5.91 Å². The monoisotopic (exact) mass is 406 g/mol. The first-order chi connectivity index (χ1) is 14.0. The number of methoxy groups -OCH3 is 2. The van der Waals surface area contributed by atoms with Crippen molar-refractivity contribution in [1.29, 1.82) is 0 Å². The van der Waals surface area contributed by atoms with Gasteiger partial charge in [-0.15, -0.1) is 0 Å². The molecule has 2 atom stereocenters. The quantitative estimate of drug-likeness (QED) is 0.440. The third-order valence-corrected chi connectivity index (χ3v) is 5.91. The maximum Gasteiger partial charge on any atom is 0.259 e. The lowest BCUT2D eigenvalue weighted by atomic mass is 9.74. The summed E-state index contributed by atoms with van der Waals surface area (Å²) in [4.78, 5) is 19.5. The maximum absolute atomic E-state index is 13.2. The number of β-lactam (4-membered cyclic amide) rings is 1. The Labute approximate surface area is 173 Å². The summed E-state index contributed by atoms with van der Waals surface area (Å²) in [5, 5.41) is 0. The predicted octanol–water partition coefficient (Wildman–Crippen LogP) is 2.74. The Balaban J connectivity index is 1.85. The van der Waals surface area contributed by atoms with Gasteiger partial charge in [0.25, 0.3) is 5.91 Å².